The number of amides is 2. The number of aryl methyl sites for hydroxylation is 2. The highest BCUT2D eigenvalue weighted by Crippen LogP contribution is 2.31. The third-order valence-corrected chi connectivity index (χ3v) is 6.64. The fourth-order valence-electron chi connectivity index (χ4n) is 4.42. The summed E-state index contributed by atoms with van der Waals surface area (Å²) in [6.07, 6.45) is 0.731. The molecule has 0 saturated carbocycles. The maximum Gasteiger partial charge on any atom is 0.265 e. The van der Waals surface area contributed by atoms with Crippen LogP contribution in [0.15, 0.2) is 60.7 Å². The van der Waals surface area contributed by atoms with E-state index in [0.717, 1.165) is 21.6 Å². The van der Waals surface area contributed by atoms with Crippen molar-refractivity contribution in [2.75, 3.05) is 11.9 Å². The van der Waals surface area contributed by atoms with E-state index in [1.54, 1.807) is 42.5 Å². The van der Waals surface area contributed by atoms with Crippen LogP contribution in [0.3, 0.4) is 0 Å². The van der Waals surface area contributed by atoms with Crippen LogP contribution in [0.5, 0.6) is 5.75 Å². The van der Waals surface area contributed by atoms with Crippen molar-refractivity contribution in [2.45, 2.75) is 58.9 Å². The molecule has 0 spiro atoms. The molecule has 1 unspecified atom stereocenters. The van der Waals surface area contributed by atoms with Gasteiger partial charge >= 0.3 is 0 Å². The Labute approximate surface area is 244 Å². The quantitative estimate of drug-likeness (QED) is 0.191. The number of ether oxygens (including phenoxy) is 1. The lowest BCUT2D eigenvalue weighted by molar-refractivity contribution is -0.123. The highest BCUT2D eigenvalue weighted by Gasteiger charge is 2.35. The van der Waals surface area contributed by atoms with E-state index in [9.17, 15) is 14.4 Å². The van der Waals surface area contributed by atoms with Crippen LogP contribution in [0.1, 0.15) is 61.0 Å². The molecule has 0 aliphatic heterocycles. The molecule has 1 atom stereocenters. The van der Waals surface area contributed by atoms with Gasteiger partial charge in [0, 0.05) is 22.7 Å². The van der Waals surface area contributed by atoms with Crippen LogP contribution in [0, 0.1) is 13.8 Å². The number of rotatable bonds is 9. The summed E-state index contributed by atoms with van der Waals surface area (Å²) in [4.78, 5) is 40.0. The lowest BCUT2D eigenvalue weighted by atomic mass is 9.94. The predicted octanol–water partition coefficient (Wildman–Crippen LogP) is 5.84. The first-order valence-corrected chi connectivity index (χ1v) is 13.8. The molecule has 1 heterocycles. The Morgan fingerprint density at radius 3 is 2.51 bits per heavy atom. The number of benzene rings is 3. The number of hydrogen-bond acceptors (Lipinski definition) is 6. The fourth-order valence-corrected chi connectivity index (χ4v) is 4.65. The lowest BCUT2D eigenvalue weighted by Crippen LogP contribution is -2.46. The Bertz CT molecular complexity index is 1590. The second kappa shape index (κ2) is 12.5. The molecule has 214 valence electrons. The number of aromatic nitrogens is 3. The largest absolute Gasteiger partial charge is 0.493 e. The van der Waals surface area contributed by atoms with Gasteiger partial charge in [-0.3, -0.25) is 14.4 Å². The Balaban J connectivity index is 1.51. The maximum atomic E-state index is 13.8. The van der Waals surface area contributed by atoms with Crippen LogP contribution in [-0.2, 0) is 9.59 Å². The summed E-state index contributed by atoms with van der Waals surface area (Å²) >= 11 is 6.54. The first-order valence-electron chi connectivity index (χ1n) is 13.4. The van der Waals surface area contributed by atoms with Crippen molar-refractivity contribution in [2.24, 2.45) is 0 Å². The number of para-hydroxylation sites is 1. The molecule has 1 aromatic heterocycles. The summed E-state index contributed by atoms with van der Waals surface area (Å²) in [7, 11) is 0. The van der Waals surface area contributed by atoms with E-state index in [2.05, 4.69) is 20.9 Å². The van der Waals surface area contributed by atoms with Crippen molar-refractivity contribution in [1.82, 2.24) is 20.3 Å². The van der Waals surface area contributed by atoms with Gasteiger partial charge in [-0.15, -0.1) is 5.10 Å². The van der Waals surface area contributed by atoms with E-state index < -0.39 is 23.3 Å². The molecule has 0 fully saturated rings. The molecule has 0 aliphatic rings. The number of nitrogens with zero attached hydrogens (tertiary/aromatic N) is 3. The number of carbonyl (C=O) groups is 3. The van der Waals surface area contributed by atoms with Crippen molar-refractivity contribution in [3.8, 4) is 5.75 Å². The Morgan fingerprint density at radius 1 is 1.02 bits per heavy atom. The third kappa shape index (κ3) is 7.49. The van der Waals surface area contributed by atoms with Gasteiger partial charge in [-0.2, -0.15) is 4.68 Å². The van der Waals surface area contributed by atoms with Crippen LogP contribution in [0.25, 0.3) is 11.0 Å². The van der Waals surface area contributed by atoms with Crippen molar-refractivity contribution < 1.29 is 19.1 Å². The van der Waals surface area contributed by atoms with E-state index in [1.165, 1.54) is 0 Å². The van der Waals surface area contributed by atoms with E-state index in [4.69, 9.17) is 16.3 Å². The van der Waals surface area contributed by atoms with Gasteiger partial charge in [0.05, 0.1) is 12.1 Å². The van der Waals surface area contributed by atoms with Gasteiger partial charge in [0.2, 0.25) is 11.8 Å². The fraction of sp³-hybridized carbons (Fsp3) is 0.323. The Hall–Kier alpha value is -4.24. The zero-order valence-electron chi connectivity index (χ0n) is 23.8. The van der Waals surface area contributed by atoms with Gasteiger partial charge in [0.15, 0.2) is 0 Å². The Morgan fingerprint density at radius 2 is 1.78 bits per heavy atom. The van der Waals surface area contributed by atoms with Gasteiger partial charge in [-0.1, -0.05) is 46.6 Å². The van der Waals surface area contributed by atoms with Gasteiger partial charge in [-0.25, -0.2) is 0 Å². The van der Waals surface area contributed by atoms with Crippen LogP contribution >= 0.6 is 11.6 Å². The average Bonchev–Trinajstić information content (AvgIpc) is 3.33. The van der Waals surface area contributed by atoms with Crippen molar-refractivity contribution in [3.05, 3.63) is 82.4 Å². The first kappa shape index (κ1) is 29.7. The molecule has 10 heteroatoms. The summed E-state index contributed by atoms with van der Waals surface area (Å²) in [5.74, 6) is -1.94. The monoisotopic (exact) mass is 575 g/mol. The lowest BCUT2D eigenvalue weighted by Gasteiger charge is -2.25. The van der Waals surface area contributed by atoms with Crippen LogP contribution in [-0.4, -0.2) is 44.9 Å². The zero-order valence-corrected chi connectivity index (χ0v) is 24.6. The molecule has 0 saturated heterocycles. The summed E-state index contributed by atoms with van der Waals surface area (Å²) < 4.78 is 6.94. The Kier molecular flexibility index (Phi) is 9.08. The molecule has 2 N–H and O–H groups in total. The highest BCUT2D eigenvalue weighted by molar-refractivity contribution is 6.32. The summed E-state index contributed by atoms with van der Waals surface area (Å²) in [6, 6.07) is 17.7. The van der Waals surface area contributed by atoms with E-state index in [1.807, 2.05) is 52.8 Å². The van der Waals surface area contributed by atoms with E-state index >= 15 is 0 Å². The standard InChI is InChI=1S/C31H34ClN5O4/c1-19-12-15-26(20(2)17-19)41-16-8-11-27(38)33-21-13-14-23(32)22(18-21)28(29(39)34-31(3,4)5)30(40)37-25-10-7-6-9-24(25)35-36-37/h6-7,9-10,12-15,17-18,28H,8,11,16H2,1-5H3,(H,33,38)(H,34,39). The van der Waals surface area contributed by atoms with Gasteiger partial charge < -0.3 is 15.4 Å². The minimum Gasteiger partial charge on any atom is -0.493 e. The summed E-state index contributed by atoms with van der Waals surface area (Å²) in [5, 5.41) is 14.0. The molecule has 9 nitrogen and oxygen atoms in total. The summed E-state index contributed by atoms with van der Waals surface area (Å²) in [6.45, 7) is 9.85. The normalized spacial score (nSPS) is 12.1. The predicted molar refractivity (Wildman–Crippen MR) is 160 cm³/mol. The number of nitrogens with one attached hydrogen (secondary N) is 2. The van der Waals surface area contributed by atoms with Crippen molar-refractivity contribution >= 4 is 46.0 Å². The van der Waals surface area contributed by atoms with Crippen molar-refractivity contribution in [3.63, 3.8) is 0 Å². The molecule has 2 amide bonds. The molecular weight excluding hydrogens is 542 g/mol. The second-order valence-electron chi connectivity index (χ2n) is 11.0. The minimum absolute atomic E-state index is 0.205. The maximum absolute atomic E-state index is 13.8. The number of halogens is 1. The molecule has 0 aliphatic carbocycles. The number of hydrogen-bond donors (Lipinski definition) is 2. The van der Waals surface area contributed by atoms with Crippen molar-refractivity contribution in [1.29, 1.82) is 0 Å². The van der Waals surface area contributed by atoms with Crippen LogP contribution < -0.4 is 15.4 Å². The minimum atomic E-state index is -1.34. The van der Waals surface area contributed by atoms with Gasteiger partial charge in [0.25, 0.3) is 5.91 Å². The number of fused-ring (bicyclic) bond motifs is 1. The molecular formula is C31H34ClN5O4. The first-order chi connectivity index (χ1) is 19.4. The molecule has 0 radical (unpaired) electrons. The number of carbonyl (C=O) groups excluding carboxylic acids is 3. The number of anilines is 1. The molecule has 4 rings (SSSR count). The topological polar surface area (TPSA) is 115 Å². The smallest absolute Gasteiger partial charge is 0.265 e. The van der Waals surface area contributed by atoms with Crippen LogP contribution in [0.2, 0.25) is 5.02 Å². The van der Waals surface area contributed by atoms with Gasteiger partial charge in [-0.05, 0) is 88.6 Å². The average molecular weight is 576 g/mol. The second-order valence-corrected chi connectivity index (χ2v) is 11.4. The zero-order chi connectivity index (χ0) is 29.7. The summed E-state index contributed by atoms with van der Waals surface area (Å²) in [5.41, 5.74) is 3.23. The molecule has 3 aromatic carbocycles. The molecule has 4 aromatic rings. The van der Waals surface area contributed by atoms with E-state index in [-0.39, 0.29) is 22.9 Å². The van der Waals surface area contributed by atoms with E-state index in [0.29, 0.717) is 29.7 Å². The molecule has 41 heavy (non-hydrogen) atoms. The third-order valence-electron chi connectivity index (χ3n) is 6.29. The molecule has 0 bridgehead atoms. The highest BCUT2D eigenvalue weighted by atomic mass is 35.5. The van der Waals surface area contributed by atoms with Crippen LogP contribution in [0.4, 0.5) is 5.69 Å². The van der Waals surface area contributed by atoms with Gasteiger partial charge in [0.1, 0.15) is 17.2 Å². The SMILES string of the molecule is Cc1ccc(OCCCC(=O)Nc2ccc(Cl)c(C(C(=O)NC(C)(C)C)C(=O)n3nnc4ccccc43)c2)c(C)c1.